The molecule has 2 aliphatic carbocycles. The summed E-state index contributed by atoms with van der Waals surface area (Å²) < 4.78 is 40.0. The second kappa shape index (κ2) is 11.9. The molecule has 2 aliphatic rings. The van der Waals surface area contributed by atoms with Crippen LogP contribution in [0.4, 0.5) is 0 Å². The summed E-state index contributed by atoms with van der Waals surface area (Å²) in [7, 11) is -4.12. The number of ether oxygens (including phenoxy) is 2. The van der Waals surface area contributed by atoms with E-state index in [4.69, 9.17) is 9.47 Å². The minimum atomic E-state index is -4.12. The van der Waals surface area contributed by atoms with Gasteiger partial charge in [0.05, 0.1) is 19.1 Å². The van der Waals surface area contributed by atoms with Crippen molar-refractivity contribution in [2.24, 2.45) is 17.8 Å². The first-order valence-electron chi connectivity index (χ1n) is 13.0. The van der Waals surface area contributed by atoms with E-state index in [1.165, 1.54) is 49.3 Å². The lowest BCUT2D eigenvalue weighted by molar-refractivity contribution is -0.155. The molecule has 0 spiro atoms. The van der Waals surface area contributed by atoms with Crippen molar-refractivity contribution in [3.63, 3.8) is 0 Å². The van der Waals surface area contributed by atoms with Gasteiger partial charge in [-0.2, -0.15) is 0 Å². The highest BCUT2D eigenvalue weighted by atomic mass is 32.2. The molecule has 7 nitrogen and oxygen atoms in total. The number of hydrogen-bond acceptors (Lipinski definition) is 6. The van der Waals surface area contributed by atoms with E-state index in [1.807, 2.05) is 0 Å². The molecule has 36 heavy (non-hydrogen) atoms. The molecule has 4 atom stereocenters. The second-order valence-corrected chi connectivity index (χ2v) is 12.9. The molecule has 8 heteroatoms. The van der Waals surface area contributed by atoms with Crippen molar-refractivity contribution in [1.29, 1.82) is 0 Å². The average molecular weight is 520 g/mol. The Morgan fingerprint density at radius 1 is 1.17 bits per heavy atom. The lowest BCUT2D eigenvalue weighted by Crippen LogP contribution is -2.39. The molecule has 0 aromatic heterocycles. The molecule has 1 fully saturated rings. The van der Waals surface area contributed by atoms with E-state index in [1.54, 1.807) is 39.0 Å². The average Bonchev–Trinajstić information content (AvgIpc) is 2.80. The lowest BCUT2D eigenvalue weighted by atomic mass is 9.65. The van der Waals surface area contributed by atoms with Gasteiger partial charge in [-0.1, -0.05) is 43.0 Å². The smallest absolute Gasteiger partial charge is 0.308 e. The fourth-order valence-electron chi connectivity index (χ4n) is 5.65. The van der Waals surface area contributed by atoms with Gasteiger partial charge in [-0.3, -0.25) is 4.79 Å². The maximum Gasteiger partial charge on any atom is 0.308 e. The number of allylic oxidation sites excluding steroid dienone is 1. The fourth-order valence-corrected chi connectivity index (χ4v) is 6.96. The van der Waals surface area contributed by atoms with E-state index in [-0.39, 0.29) is 16.6 Å². The predicted molar refractivity (Wildman–Crippen MR) is 139 cm³/mol. The minimum absolute atomic E-state index is 0.0573. The summed E-state index contributed by atoms with van der Waals surface area (Å²) in [6.07, 6.45) is 7.50. The Morgan fingerprint density at radius 2 is 1.86 bits per heavy atom. The van der Waals surface area contributed by atoms with Crippen LogP contribution in [0.2, 0.25) is 0 Å². The van der Waals surface area contributed by atoms with E-state index in [0.29, 0.717) is 18.8 Å². The molecule has 3 rings (SSSR count). The van der Waals surface area contributed by atoms with Gasteiger partial charge in [0.25, 0.3) is 0 Å². The van der Waals surface area contributed by atoms with Crippen LogP contribution in [-0.2, 0) is 24.3 Å². The SMILES string of the molecule is CC1=C(C(C)COc2ccccc2S(=O)(=O)N[C@H](C=O)CC(=O)OC(C)(C)C)C2CCCCC2CC1. The molecule has 0 bridgehead atoms. The first kappa shape index (κ1) is 28.4. The summed E-state index contributed by atoms with van der Waals surface area (Å²) in [5, 5.41) is 0. The number of esters is 1. The molecule has 1 N–H and O–H groups in total. The maximum absolute atomic E-state index is 13.2. The summed E-state index contributed by atoms with van der Waals surface area (Å²) >= 11 is 0. The molecule has 0 radical (unpaired) electrons. The Hall–Kier alpha value is -2.19. The molecule has 1 saturated carbocycles. The number of aldehydes is 1. The largest absolute Gasteiger partial charge is 0.492 e. The van der Waals surface area contributed by atoms with Gasteiger partial charge < -0.3 is 14.3 Å². The highest BCUT2D eigenvalue weighted by molar-refractivity contribution is 7.89. The Balaban J connectivity index is 1.71. The number of nitrogens with one attached hydrogen (secondary N) is 1. The number of rotatable bonds is 10. The molecule has 0 heterocycles. The van der Waals surface area contributed by atoms with Crippen LogP contribution in [0.25, 0.3) is 0 Å². The van der Waals surface area contributed by atoms with Crippen LogP contribution in [-0.4, -0.2) is 38.9 Å². The summed E-state index contributed by atoms with van der Waals surface area (Å²) in [5.74, 6) is 1.11. The van der Waals surface area contributed by atoms with Crippen LogP contribution in [0.15, 0.2) is 40.3 Å². The van der Waals surface area contributed by atoms with E-state index >= 15 is 0 Å². The van der Waals surface area contributed by atoms with Gasteiger partial charge in [-0.05, 0) is 77.3 Å². The molecule has 3 unspecified atom stereocenters. The summed E-state index contributed by atoms with van der Waals surface area (Å²) in [6.45, 7) is 9.88. The van der Waals surface area contributed by atoms with Crippen LogP contribution in [0.3, 0.4) is 0 Å². The molecular weight excluding hydrogens is 478 g/mol. The van der Waals surface area contributed by atoms with Crippen molar-refractivity contribution < 1.29 is 27.5 Å². The summed E-state index contributed by atoms with van der Waals surface area (Å²) in [5.41, 5.74) is 2.21. The van der Waals surface area contributed by atoms with Crippen LogP contribution in [0.1, 0.15) is 79.6 Å². The van der Waals surface area contributed by atoms with Crippen molar-refractivity contribution in [3.8, 4) is 5.75 Å². The number of fused-ring (bicyclic) bond motifs is 1. The van der Waals surface area contributed by atoms with Gasteiger partial charge in [0, 0.05) is 5.92 Å². The fraction of sp³-hybridized carbons (Fsp3) is 0.643. The van der Waals surface area contributed by atoms with Gasteiger partial charge in [0.15, 0.2) is 0 Å². The number of para-hydroxylation sites is 1. The molecule has 1 aromatic rings. The molecule has 0 amide bonds. The van der Waals surface area contributed by atoms with Crippen LogP contribution in [0, 0.1) is 17.8 Å². The Kier molecular flexibility index (Phi) is 9.39. The molecule has 0 saturated heterocycles. The number of carbonyl (C=O) groups is 2. The number of sulfonamides is 1. The molecule has 0 aliphatic heterocycles. The van der Waals surface area contributed by atoms with Crippen molar-refractivity contribution in [2.45, 2.75) is 96.1 Å². The zero-order chi connectivity index (χ0) is 26.5. The lowest BCUT2D eigenvalue weighted by Gasteiger charge is -2.40. The van der Waals surface area contributed by atoms with Crippen molar-refractivity contribution in [1.82, 2.24) is 4.72 Å². The zero-order valence-electron chi connectivity index (χ0n) is 22.2. The van der Waals surface area contributed by atoms with E-state index in [2.05, 4.69) is 18.6 Å². The van der Waals surface area contributed by atoms with Crippen molar-refractivity contribution >= 4 is 22.3 Å². The minimum Gasteiger partial charge on any atom is -0.492 e. The van der Waals surface area contributed by atoms with Gasteiger partial charge in [0.2, 0.25) is 10.0 Å². The summed E-state index contributed by atoms with van der Waals surface area (Å²) in [4.78, 5) is 23.6. The van der Waals surface area contributed by atoms with Crippen LogP contribution >= 0.6 is 0 Å². The Morgan fingerprint density at radius 3 is 2.56 bits per heavy atom. The quantitative estimate of drug-likeness (QED) is 0.259. The van der Waals surface area contributed by atoms with Gasteiger partial charge >= 0.3 is 5.97 Å². The molecular formula is C28H41NO6S. The number of hydrogen-bond donors (Lipinski definition) is 1. The highest BCUT2D eigenvalue weighted by Gasteiger charge is 2.35. The number of benzene rings is 1. The third-order valence-electron chi connectivity index (χ3n) is 7.13. The van der Waals surface area contributed by atoms with Gasteiger partial charge in [0.1, 0.15) is 22.5 Å². The first-order chi connectivity index (χ1) is 16.9. The van der Waals surface area contributed by atoms with Crippen LogP contribution in [0.5, 0.6) is 5.75 Å². The summed E-state index contributed by atoms with van der Waals surface area (Å²) in [6, 6.07) is 5.15. The Bertz CT molecular complexity index is 1070. The number of carbonyl (C=O) groups excluding carboxylic acids is 2. The van der Waals surface area contributed by atoms with E-state index in [9.17, 15) is 18.0 Å². The zero-order valence-corrected chi connectivity index (χ0v) is 23.0. The predicted octanol–water partition coefficient (Wildman–Crippen LogP) is 5.20. The third-order valence-corrected chi connectivity index (χ3v) is 8.66. The van der Waals surface area contributed by atoms with Gasteiger partial charge in [-0.25, -0.2) is 13.1 Å². The second-order valence-electron chi connectivity index (χ2n) is 11.2. The van der Waals surface area contributed by atoms with Crippen molar-refractivity contribution in [3.05, 3.63) is 35.4 Å². The molecule has 1 aromatic carbocycles. The maximum atomic E-state index is 13.2. The van der Waals surface area contributed by atoms with E-state index < -0.39 is 34.1 Å². The van der Waals surface area contributed by atoms with E-state index in [0.717, 1.165) is 12.3 Å². The standard InChI is InChI=1S/C28H41NO6S/c1-19-14-15-21-10-6-7-11-23(21)27(19)20(2)18-34-24-12-8-9-13-25(24)36(32,33)29-22(17-30)16-26(31)35-28(3,4)5/h8-9,12-13,17,20-23,29H,6-7,10-11,14-16,18H2,1-5H3/t20?,21?,22-,23?/m0/s1. The monoisotopic (exact) mass is 519 g/mol. The van der Waals surface area contributed by atoms with Gasteiger partial charge in [-0.15, -0.1) is 0 Å². The Labute approximate surface area is 216 Å². The molecule has 200 valence electrons. The van der Waals surface area contributed by atoms with Crippen LogP contribution < -0.4 is 9.46 Å². The first-order valence-corrected chi connectivity index (χ1v) is 14.5. The third kappa shape index (κ3) is 7.42. The topological polar surface area (TPSA) is 98.8 Å². The normalized spacial score (nSPS) is 22.4. The van der Waals surface area contributed by atoms with Crippen molar-refractivity contribution in [2.75, 3.05) is 6.61 Å². The highest BCUT2D eigenvalue weighted by Crippen LogP contribution is 2.46.